The SMILES string of the molecule is COc1cc(/C=C(\C#N)C(=O)Nc2cc3c(cc2[N+](=O)[O-])OCCO3)cc(Cl)c1OC. The number of hydrogen-bond acceptors (Lipinski definition) is 8. The Balaban J connectivity index is 1.95. The number of benzene rings is 2. The highest BCUT2D eigenvalue weighted by Gasteiger charge is 2.24. The molecule has 0 aromatic heterocycles. The molecule has 11 heteroatoms. The number of nitro groups is 1. The van der Waals surface area contributed by atoms with Gasteiger partial charge in [0.05, 0.1) is 30.2 Å². The minimum Gasteiger partial charge on any atom is -0.493 e. The first-order valence-electron chi connectivity index (χ1n) is 8.80. The van der Waals surface area contributed by atoms with E-state index in [1.165, 1.54) is 38.5 Å². The van der Waals surface area contributed by atoms with Gasteiger partial charge in [0.2, 0.25) is 0 Å². The van der Waals surface area contributed by atoms with E-state index in [1.807, 2.05) is 0 Å². The molecule has 0 fully saturated rings. The molecule has 0 bridgehead atoms. The molecule has 0 radical (unpaired) electrons. The van der Waals surface area contributed by atoms with Crippen LogP contribution < -0.4 is 24.3 Å². The molecule has 3 rings (SSSR count). The van der Waals surface area contributed by atoms with Crippen molar-refractivity contribution in [2.45, 2.75) is 0 Å². The van der Waals surface area contributed by atoms with Crippen molar-refractivity contribution < 1.29 is 28.7 Å². The predicted octanol–water partition coefficient (Wildman–Crippen LogP) is 3.58. The van der Waals surface area contributed by atoms with Crippen LogP contribution in [0.5, 0.6) is 23.0 Å². The van der Waals surface area contributed by atoms with Crippen LogP contribution >= 0.6 is 11.6 Å². The first-order chi connectivity index (χ1) is 14.9. The molecule has 0 aliphatic carbocycles. The van der Waals surface area contributed by atoms with Crippen LogP contribution in [0.4, 0.5) is 11.4 Å². The van der Waals surface area contributed by atoms with Crippen molar-refractivity contribution in [3.8, 4) is 29.1 Å². The fourth-order valence-electron chi connectivity index (χ4n) is 2.86. The van der Waals surface area contributed by atoms with Crippen LogP contribution in [-0.2, 0) is 4.79 Å². The highest BCUT2D eigenvalue weighted by molar-refractivity contribution is 6.32. The number of amides is 1. The third-order valence-electron chi connectivity index (χ3n) is 4.24. The predicted molar refractivity (Wildman–Crippen MR) is 111 cm³/mol. The average molecular weight is 446 g/mol. The molecule has 1 heterocycles. The molecule has 1 aliphatic heterocycles. The van der Waals surface area contributed by atoms with E-state index in [2.05, 4.69) is 5.32 Å². The van der Waals surface area contributed by atoms with Gasteiger partial charge in [-0.25, -0.2) is 0 Å². The van der Waals surface area contributed by atoms with Crippen molar-refractivity contribution >= 4 is 35.0 Å². The summed E-state index contributed by atoms with van der Waals surface area (Å²) in [5.41, 5.74) is -0.451. The standard InChI is InChI=1S/C20H16ClN3O7/c1-28-18-7-11(6-13(21)19(18)29-2)5-12(10-22)20(25)23-14-8-16-17(31-4-3-30-16)9-15(14)24(26)27/h5-9H,3-4H2,1-2H3,(H,23,25)/b12-5+. The first kappa shape index (κ1) is 21.7. The highest BCUT2D eigenvalue weighted by Crippen LogP contribution is 2.40. The second-order valence-corrected chi connectivity index (χ2v) is 6.54. The molecule has 2 aromatic carbocycles. The summed E-state index contributed by atoms with van der Waals surface area (Å²) < 4.78 is 21.1. The van der Waals surface area contributed by atoms with E-state index < -0.39 is 16.5 Å². The molecule has 1 amide bonds. The first-order valence-corrected chi connectivity index (χ1v) is 9.18. The Morgan fingerprint density at radius 3 is 2.48 bits per heavy atom. The number of nitro benzene ring substituents is 1. The van der Waals surface area contributed by atoms with Crippen LogP contribution in [-0.4, -0.2) is 38.3 Å². The minimum atomic E-state index is -0.854. The lowest BCUT2D eigenvalue weighted by molar-refractivity contribution is -0.384. The number of anilines is 1. The third kappa shape index (κ3) is 4.62. The summed E-state index contributed by atoms with van der Waals surface area (Å²) in [6.07, 6.45) is 1.27. The molecule has 1 aliphatic rings. The Hall–Kier alpha value is -3.97. The van der Waals surface area contributed by atoms with Gasteiger partial charge in [-0.3, -0.25) is 14.9 Å². The lowest BCUT2D eigenvalue weighted by Gasteiger charge is -2.19. The number of hydrogen-bond donors (Lipinski definition) is 1. The van der Waals surface area contributed by atoms with Gasteiger partial charge in [-0.1, -0.05) is 11.6 Å². The zero-order valence-corrected chi connectivity index (χ0v) is 17.2. The van der Waals surface area contributed by atoms with E-state index in [0.717, 1.165) is 6.07 Å². The Labute approximate surface area is 181 Å². The fraction of sp³-hybridized carbons (Fsp3) is 0.200. The molecule has 0 unspecified atom stereocenters. The lowest BCUT2D eigenvalue weighted by Crippen LogP contribution is -2.18. The van der Waals surface area contributed by atoms with Crippen molar-refractivity contribution in [3.63, 3.8) is 0 Å². The van der Waals surface area contributed by atoms with Crippen LogP contribution in [0.2, 0.25) is 5.02 Å². The summed E-state index contributed by atoms with van der Waals surface area (Å²) >= 11 is 6.15. The largest absolute Gasteiger partial charge is 0.493 e. The van der Waals surface area contributed by atoms with Crippen LogP contribution in [0, 0.1) is 21.4 Å². The summed E-state index contributed by atoms with van der Waals surface area (Å²) in [6, 6.07) is 7.24. The van der Waals surface area contributed by atoms with E-state index in [-0.39, 0.29) is 41.0 Å². The molecule has 2 aromatic rings. The number of nitrogens with one attached hydrogen (secondary N) is 1. The van der Waals surface area contributed by atoms with Crippen LogP contribution in [0.1, 0.15) is 5.56 Å². The zero-order chi connectivity index (χ0) is 22.5. The number of halogens is 1. The molecule has 0 saturated heterocycles. The molecule has 31 heavy (non-hydrogen) atoms. The quantitative estimate of drug-likeness (QED) is 0.308. The second kappa shape index (κ2) is 9.23. The smallest absolute Gasteiger partial charge is 0.296 e. The minimum absolute atomic E-state index is 0.134. The maximum absolute atomic E-state index is 12.7. The van der Waals surface area contributed by atoms with Crippen molar-refractivity contribution in [2.24, 2.45) is 0 Å². The number of nitriles is 1. The van der Waals surface area contributed by atoms with E-state index in [4.69, 9.17) is 30.5 Å². The van der Waals surface area contributed by atoms with Gasteiger partial charge in [0.1, 0.15) is 30.5 Å². The molecule has 0 spiro atoms. The van der Waals surface area contributed by atoms with Gasteiger partial charge in [-0.15, -0.1) is 0 Å². The molecule has 160 valence electrons. The number of methoxy groups -OCH3 is 2. The maximum Gasteiger partial charge on any atom is 0.296 e. The molecule has 0 saturated carbocycles. The topological polar surface area (TPSA) is 133 Å². The molecule has 0 atom stereocenters. The van der Waals surface area contributed by atoms with E-state index >= 15 is 0 Å². The highest BCUT2D eigenvalue weighted by atomic mass is 35.5. The van der Waals surface area contributed by atoms with E-state index in [9.17, 15) is 20.2 Å². The number of fused-ring (bicyclic) bond motifs is 1. The Bertz CT molecular complexity index is 1120. The lowest BCUT2D eigenvalue weighted by atomic mass is 10.1. The van der Waals surface area contributed by atoms with Gasteiger partial charge >= 0.3 is 0 Å². The molecular formula is C20H16ClN3O7. The van der Waals surface area contributed by atoms with Gasteiger partial charge in [0.25, 0.3) is 11.6 Å². The normalized spacial score (nSPS) is 12.5. The summed E-state index contributed by atoms with van der Waals surface area (Å²) in [4.78, 5) is 23.4. The summed E-state index contributed by atoms with van der Waals surface area (Å²) in [6.45, 7) is 0.521. The van der Waals surface area contributed by atoms with Crippen LogP contribution in [0.15, 0.2) is 29.8 Å². The number of carbonyl (C=O) groups is 1. The van der Waals surface area contributed by atoms with Crippen LogP contribution in [0.25, 0.3) is 6.08 Å². The Kier molecular flexibility index (Phi) is 6.47. The number of carbonyl (C=O) groups excluding carboxylic acids is 1. The maximum atomic E-state index is 12.7. The van der Waals surface area contributed by atoms with Crippen molar-refractivity contribution in [3.05, 3.63) is 50.5 Å². The summed E-state index contributed by atoms with van der Waals surface area (Å²) in [7, 11) is 2.84. The number of rotatable bonds is 6. The Morgan fingerprint density at radius 1 is 1.23 bits per heavy atom. The van der Waals surface area contributed by atoms with Gasteiger partial charge < -0.3 is 24.3 Å². The monoisotopic (exact) mass is 445 g/mol. The zero-order valence-electron chi connectivity index (χ0n) is 16.4. The van der Waals surface area contributed by atoms with Gasteiger partial charge in [0.15, 0.2) is 23.0 Å². The van der Waals surface area contributed by atoms with Gasteiger partial charge in [-0.05, 0) is 23.8 Å². The summed E-state index contributed by atoms with van der Waals surface area (Å²) in [5.74, 6) is 0.207. The van der Waals surface area contributed by atoms with Gasteiger partial charge in [-0.2, -0.15) is 5.26 Å². The fourth-order valence-corrected chi connectivity index (χ4v) is 3.15. The van der Waals surface area contributed by atoms with Crippen molar-refractivity contribution in [2.75, 3.05) is 32.8 Å². The number of nitrogens with zero attached hydrogens (tertiary/aromatic N) is 2. The molecule has 10 nitrogen and oxygen atoms in total. The van der Waals surface area contributed by atoms with Crippen molar-refractivity contribution in [1.82, 2.24) is 0 Å². The van der Waals surface area contributed by atoms with E-state index in [0.29, 0.717) is 17.1 Å². The molecule has 1 N–H and O–H groups in total. The molecular weight excluding hydrogens is 430 g/mol. The number of ether oxygens (including phenoxy) is 4. The van der Waals surface area contributed by atoms with Crippen molar-refractivity contribution in [1.29, 1.82) is 5.26 Å². The second-order valence-electron chi connectivity index (χ2n) is 6.13. The Morgan fingerprint density at radius 2 is 1.90 bits per heavy atom. The van der Waals surface area contributed by atoms with Gasteiger partial charge in [0, 0.05) is 6.07 Å². The average Bonchev–Trinajstić information content (AvgIpc) is 2.76. The third-order valence-corrected chi connectivity index (χ3v) is 4.52. The van der Waals surface area contributed by atoms with Crippen LogP contribution in [0.3, 0.4) is 0 Å². The van der Waals surface area contributed by atoms with E-state index in [1.54, 1.807) is 6.07 Å². The summed E-state index contributed by atoms with van der Waals surface area (Å²) in [5, 5.41) is 23.5.